The van der Waals surface area contributed by atoms with E-state index in [4.69, 9.17) is 34.8 Å². The topological polar surface area (TPSA) is 37.8 Å². The summed E-state index contributed by atoms with van der Waals surface area (Å²) < 4.78 is 0. The van der Waals surface area contributed by atoms with Gasteiger partial charge >= 0.3 is 0 Å². The molecule has 1 heterocycles. The zero-order valence-corrected chi connectivity index (χ0v) is 10.9. The van der Waals surface area contributed by atoms with Gasteiger partial charge in [-0.3, -0.25) is 0 Å². The van der Waals surface area contributed by atoms with Crippen molar-refractivity contribution in [3.8, 4) is 0 Å². The largest absolute Gasteiger partial charge is 0.350 e. The predicted octanol–water partition coefficient (Wildman–Crippen LogP) is 4.05. The lowest BCUT2D eigenvalue weighted by Crippen LogP contribution is -2.03. The third kappa shape index (κ3) is 3.73. The van der Waals surface area contributed by atoms with E-state index < -0.39 is 0 Å². The van der Waals surface area contributed by atoms with Crippen molar-refractivity contribution in [1.82, 2.24) is 9.97 Å². The van der Waals surface area contributed by atoms with Crippen molar-refractivity contribution in [2.75, 3.05) is 5.32 Å². The molecule has 0 saturated heterocycles. The van der Waals surface area contributed by atoms with Gasteiger partial charge in [0.15, 0.2) is 0 Å². The zero-order valence-electron chi connectivity index (χ0n) is 8.62. The molecule has 0 radical (unpaired) electrons. The second-order valence-corrected chi connectivity index (χ2v) is 4.53. The van der Waals surface area contributed by atoms with Gasteiger partial charge in [0.25, 0.3) is 0 Å². The first kappa shape index (κ1) is 12.4. The Hall–Kier alpha value is -1.03. The van der Waals surface area contributed by atoms with Crippen molar-refractivity contribution in [2.24, 2.45) is 0 Å². The summed E-state index contributed by atoms with van der Waals surface area (Å²) >= 11 is 17.3. The fourth-order valence-corrected chi connectivity index (χ4v) is 1.80. The Morgan fingerprint density at radius 2 is 1.53 bits per heavy atom. The summed E-state index contributed by atoms with van der Waals surface area (Å²) in [5, 5.41) is 4.35. The Balaban J connectivity index is 2.04. The van der Waals surface area contributed by atoms with Gasteiger partial charge in [-0.25, -0.2) is 9.97 Å². The average Bonchev–Trinajstić information content (AvgIpc) is 2.27. The molecule has 0 unspecified atom stereocenters. The molecule has 2 rings (SSSR count). The molecule has 17 heavy (non-hydrogen) atoms. The van der Waals surface area contributed by atoms with Crippen LogP contribution in [0.4, 0.5) is 5.95 Å². The maximum Gasteiger partial charge on any atom is 0.225 e. The van der Waals surface area contributed by atoms with Crippen LogP contribution in [0.2, 0.25) is 15.3 Å². The molecule has 0 spiro atoms. The number of hydrogen-bond acceptors (Lipinski definition) is 3. The van der Waals surface area contributed by atoms with Crippen LogP contribution in [0.15, 0.2) is 30.3 Å². The lowest BCUT2D eigenvalue weighted by atomic mass is 10.2. The Morgan fingerprint density at radius 1 is 0.941 bits per heavy atom. The molecule has 3 nitrogen and oxygen atoms in total. The quantitative estimate of drug-likeness (QED) is 0.866. The fourth-order valence-electron chi connectivity index (χ4n) is 1.25. The summed E-state index contributed by atoms with van der Waals surface area (Å²) in [6.45, 7) is 0.577. The first-order valence-electron chi connectivity index (χ1n) is 4.82. The second kappa shape index (κ2) is 5.54. The van der Waals surface area contributed by atoms with Crippen molar-refractivity contribution < 1.29 is 0 Å². The van der Waals surface area contributed by atoms with Crippen molar-refractivity contribution in [3.05, 3.63) is 51.2 Å². The highest BCUT2D eigenvalue weighted by Gasteiger charge is 2.01. The number of aromatic nitrogens is 2. The van der Waals surface area contributed by atoms with E-state index in [-0.39, 0.29) is 0 Å². The molecule has 6 heteroatoms. The fraction of sp³-hybridized carbons (Fsp3) is 0.0909. The van der Waals surface area contributed by atoms with Crippen LogP contribution >= 0.6 is 34.8 Å². The first-order valence-corrected chi connectivity index (χ1v) is 5.95. The molecule has 1 aromatic heterocycles. The Bertz CT molecular complexity index is 494. The molecule has 0 aliphatic heterocycles. The zero-order chi connectivity index (χ0) is 12.3. The molecular weight excluding hydrogens is 281 g/mol. The van der Waals surface area contributed by atoms with Gasteiger partial charge in [-0.2, -0.15) is 0 Å². The highest BCUT2D eigenvalue weighted by atomic mass is 35.5. The number of nitrogens with one attached hydrogen (secondary N) is 1. The summed E-state index contributed by atoms with van der Waals surface area (Å²) in [4.78, 5) is 8.00. The molecule has 0 aliphatic rings. The molecule has 1 aromatic carbocycles. The maximum atomic E-state index is 5.79. The highest BCUT2D eigenvalue weighted by Crippen LogP contribution is 2.15. The lowest BCUT2D eigenvalue weighted by molar-refractivity contribution is 1.05. The molecule has 0 bridgehead atoms. The standard InChI is InChI=1S/C11H8Cl3N3/c12-8-3-1-7(2-4-8)6-15-11-16-9(13)5-10(14)17-11/h1-5H,6H2,(H,15,16,17). The van der Waals surface area contributed by atoms with E-state index in [0.29, 0.717) is 27.8 Å². The SMILES string of the molecule is Clc1ccc(CNc2nc(Cl)cc(Cl)n2)cc1. The van der Waals surface area contributed by atoms with E-state index in [2.05, 4.69) is 15.3 Å². The summed E-state index contributed by atoms with van der Waals surface area (Å²) in [6.07, 6.45) is 0. The number of benzene rings is 1. The van der Waals surface area contributed by atoms with Crippen LogP contribution < -0.4 is 5.32 Å². The number of nitrogens with zero attached hydrogens (tertiary/aromatic N) is 2. The van der Waals surface area contributed by atoms with Crippen LogP contribution in [0.3, 0.4) is 0 Å². The van der Waals surface area contributed by atoms with E-state index >= 15 is 0 Å². The summed E-state index contributed by atoms with van der Waals surface area (Å²) in [5.74, 6) is 0.400. The van der Waals surface area contributed by atoms with Gasteiger partial charge in [0.1, 0.15) is 10.3 Å². The number of anilines is 1. The van der Waals surface area contributed by atoms with E-state index in [1.807, 2.05) is 24.3 Å². The number of hydrogen-bond donors (Lipinski definition) is 1. The van der Waals surface area contributed by atoms with Crippen molar-refractivity contribution in [3.63, 3.8) is 0 Å². The van der Waals surface area contributed by atoms with Gasteiger partial charge in [-0.05, 0) is 17.7 Å². The summed E-state index contributed by atoms with van der Waals surface area (Å²) in [7, 11) is 0. The molecule has 0 saturated carbocycles. The van der Waals surface area contributed by atoms with Crippen LogP contribution in [0.5, 0.6) is 0 Å². The monoisotopic (exact) mass is 287 g/mol. The van der Waals surface area contributed by atoms with Crippen molar-refractivity contribution in [1.29, 1.82) is 0 Å². The van der Waals surface area contributed by atoms with E-state index in [0.717, 1.165) is 5.56 Å². The van der Waals surface area contributed by atoms with Gasteiger partial charge in [0.2, 0.25) is 5.95 Å². The van der Waals surface area contributed by atoms with Crippen LogP contribution in [0.25, 0.3) is 0 Å². The average molecular weight is 289 g/mol. The Labute approximate surface area is 114 Å². The van der Waals surface area contributed by atoms with E-state index in [1.54, 1.807) is 0 Å². The minimum atomic E-state index is 0.309. The minimum absolute atomic E-state index is 0.309. The third-order valence-corrected chi connectivity index (χ3v) is 2.67. The Morgan fingerprint density at radius 3 is 2.12 bits per heavy atom. The van der Waals surface area contributed by atoms with Gasteiger partial charge < -0.3 is 5.32 Å². The molecule has 88 valence electrons. The predicted molar refractivity (Wildman–Crippen MR) is 70.8 cm³/mol. The molecule has 0 atom stereocenters. The molecule has 1 N–H and O–H groups in total. The Kier molecular flexibility index (Phi) is 4.05. The van der Waals surface area contributed by atoms with E-state index in [1.165, 1.54) is 6.07 Å². The van der Waals surface area contributed by atoms with Gasteiger partial charge in [-0.15, -0.1) is 0 Å². The minimum Gasteiger partial charge on any atom is -0.350 e. The van der Waals surface area contributed by atoms with Crippen molar-refractivity contribution >= 4 is 40.8 Å². The smallest absolute Gasteiger partial charge is 0.225 e. The summed E-state index contributed by atoms with van der Waals surface area (Å²) in [6, 6.07) is 8.97. The van der Waals surface area contributed by atoms with Crippen LogP contribution in [0, 0.1) is 0 Å². The van der Waals surface area contributed by atoms with Gasteiger partial charge in [0.05, 0.1) is 0 Å². The van der Waals surface area contributed by atoms with Crippen molar-refractivity contribution in [2.45, 2.75) is 6.54 Å². The van der Waals surface area contributed by atoms with Crippen LogP contribution in [0.1, 0.15) is 5.56 Å². The highest BCUT2D eigenvalue weighted by molar-refractivity contribution is 6.33. The normalized spacial score (nSPS) is 10.3. The van der Waals surface area contributed by atoms with Crippen LogP contribution in [-0.4, -0.2) is 9.97 Å². The maximum absolute atomic E-state index is 5.79. The van der Waals surface area contributed by atoms with Gasteiger partial charge in [0, 0.05) is 17.6 Å². The molecular formula is C11H8Cl3N3. The first-order chi connectivity index (χ1) is 8.13. The molecule has 0 amide bonds. The second-order valence-electron chi connectivity index (χ2n) is 3.32. The third-order valence-electron chi connectivity index (χ3n) is 2.03. The van der Waals surface area contributed by atoms with E-state index in [9.17, 15) is 0 Å². The summed E-state index contributed by atoms with van der Waals surface area (Å²) in [5.41, 5.74) is 1.06. The molecule has 0 aliphatic carbocycles. The van der Waals surface area contributed by atoms with Gasteiger partial charge in [-0.1, -0.05) is 46.9 Å². The number of halogens is 3. The molecule has 2 aromatic rings. The lowest BCUT2D eigenvalue weighted by Gasteiger charge is -2.05. The molecule has 0 fully saturated rings. The number of rotatable bonds is 3. The van der Waals surface area contributed by atoms with Crippen LogP contribution in [-0.2, 0) is 6.54 Å².